The second kappa shape index (κ2) is 7.27. The number of benzene rings is 1. The topological polar surface area (TPSA) is 89.3 Å². The monoisotopic (exact) mass is 378 g/mol. The molecule has 5 nitrogen and oxygen atoms in total. The van der Waals surface area contributed by atoms with E-state index in [-0.39, 0.29) is 10.8 Å². The average Bonchev–Trinajstić information content (AvgIpc) is 3.06. The maximum atomic E-state index is 12.5. The number of primary sulfonamides is 1. The van der Waals surface area contributed by atoms with Gasteiger partial charge in [0.1, 0.15) is 0 Å². The molecule has 1 saturated carbocycles. The lowest BCUT2D eigenvalue weighted by molar-refractivity contribution is 0.102. The van der Waals surface area contributed by atoms with Crippen molar-refractivity contribution >= 4 is 33.0 Å². The third-order valence-corrected chi connectivity index (χ3v) is 6.79. The van der Waals surface area contributed by atoms with Crippen LogP contribution in [0.1, 0.15) is 58.8 Å². The molecule has 1 aliphatic carbocycles. The summed E-state index contributed by atoms with van der Waals surface area (Å²) in [6.45, 7) is 1.67. The van der Waals surface area contributed by atoms with E-state index in [2.05, 4.69) is 5.32 Å². The van der Waals surface area contributed by atoms with E-state index in [1.807, 2.05) is 11.4 Å². The first-order valence-corrected chi connectivity index (χ1v) is 10.8. The van der Waals surface area contributed by atoms with Crippen LogP contribution in [0.25, 0.3) is 0 Å². The lowest BCUT2D eigenvalue weighted by atomic mass is 9.88. The van der Waals surface area contributed by atoms with Crippen molar-refractivity contribution in [3.63, 3.8) is 0 Å². The number of hydrogen-bond acceptors (Lipinski definition) is 4. The third-order valence-electron chi connectivity index (χ3n) is 4.64. The minimum absolute atomic E-state index is 0.0264. The zero-order chi connectivity index (χ0) is 18.0. The summed E-state index contributed by atoms with van der Waals surface area (Å²) in [6, 6.07) is 6.68. The molecule has 1 aromatic heterocycles. The lowest BCUT2D eigenvalue weighted by Gasteiger charge is -2.19. The number of nitrogens with two attached hydrogens (primary N) is 1. The van der Waals surface area contributed by atoms with Crippen molar-refractivity contribution in [2.75, 3.05) is 5.32 Å². The van der Waals surface area contributed by atoms with Gasteiger partial charge in [-0.1, -0.05) is 25.3 Å². The average molecular weight is 379 g/mol. The lowest BCUT2D eigenvalue weighted by Crippen LogP contribution is -2.15. The van der Waals surface area contributed by atoms with Gasteiger partial charge in [-0.25, -0.2) is 13.6 Å². The van der Waals surface area contributed by atoms with E-state index >= 15 is 0 Å². The van der Waals surface area contributed by atoms with Gasteiger partial charge in [0.05, 0.1) is 10.5 Å². The normalized spacial score (nSPS) is 15.9. The van der Waals surface area contributed by atoms with E-state index in [9.17, 15) is 13.2 Å². The molecule has 0 saturated heterocycles. The highest BCUT2D eigenvalue weighted by atomic mass is 32.2. The van der Waals surface area contributed by atoms with Crippen molar-refractivity contribution in [2.45, 2.75) is 49.8 Å². The number of carbonyl (C=O) groups excluding carboxylic acids is 1. The molecular formula is C18H22N2O3S2. The van der Waals surface area contributed by atoms with Crippen LogP contribution in [0.5, 0.6) is 0 Å². The summed E-state index contributed by atoms with van der Waals surface area (Å²) in [5, 5.41) is 9.85. The van der Waals surface area contributed by atoms with Crippen LogP contribution in [0.15, 0.2) is 34.5 Å². The van der Waals surface area contributed by atoms with Gasteiger partial charge in [-0.3, -0.25) is 4.79 Å². The fraction of sp³-hybridized carbons (Fsp3) is 0.389. The van der Waals surface area contributed by atoms with Crippen molar-refractivity contribution in [1.82, 2.24) is 0 Å². The Morgan fingerprint density at radius 3 is 2.60 bits per heavy atom. The molecule has 0 aliphatic heterocycles. The Labute approximate surface area is 152 Å². The molecule has 0 spiro atoms. The number of sulfonamides is 1. The van der Waals surface area contributed by atoms with Gasteiger partial charge >= 0.3 is 0 Å². The van der Waals surface area contributed by atoms with Crippen LogP contribution >= 0.6 is 11.3 Å². The van der Waals surface area contributed by atoms with Crippen molar-refractivity contribution in [3.05, 3.63) is 45.6 Å². The van der Waals surface area contributed by atoms with Gasteiger partial charge in [-0.15, -0.1) is 11.3 Å². The first-order chi connectivity index (χ1) is 11.8. The second-order valence-electron chi connectivity index (χ2n) is 6.55. The summed E-state index contributed by atoms with van der Waals surface area (Å²) >= 11 is 1.63. The highest BCUT2D eigenvalue weighted by Gasteiger charge is 2.19. The zero-order valence-corrected chi connectivity index (χ0v) is 15.8. The van der Waals surface area contributed by atoms with Crippen molar-refractivity contribution in [1.29, 1.82) is 0 Å². The van der Waals surface area contributed by atoms with Crippen molar-refractivity contribution < 1.29 is 13.2 Å². The number of amides is 1. The molecule has 3 N–H and O–H groups in total. The van der Waals surface area contributed by atoms with Crippen LogP contribution in [-0.2, 0) is 10.0 Å². The Balaban J connectivity index is 1.75. The van der Waals surface area contributed by atoms with Crippen LogP contribution in [0.2, 0.25) is 0 Å². The number of anilines is 1. The van der Waals surface area contributed by atoms with E-state index in [0.717, 1.165) is 0 Å². The Morgan fingerprint density at radius 1 is 1.20 bits per heavy atom. The summed E-state index contributed by atoms with van der Waals surface area (Å²) < 4.78 is 23.2. The maximum absolute atomic E-state index is 12.5. The molecule has 7 heteroatoms. The molecule has 1 heterocycles. The van der Waals surface area contributed by atoms with E-state index in [1.54, 1.807) is 30.4 Å². The summed E-state index contributed by atoms with van der Waals surface area (Å²) in [5.41, 5.74) is 1.59. The third kappa shape index (κ3) is 4.29. The summed E-state index contributed by atoms with van der Waals surface area (Å²) in [4.78, 5) is 13.8. The second-order valence-corrected chi connectivity index (χ2v) is 9.02. The van der Waals surface area contributed by atoms with Crippen LogP contribution in [0.4, 0.5) is 5.69 Å². The largest absolute Gasteiger partial charge is 0.322 e. The minimum atomic E-state index is -3.82. The van der Waals surface area contributed by atoms with Gasteiger partial charge in [0.25, 0.3) is 5.91 Å². The van der Waals surface area contributed by atoms with Gasteiger partial charge in [0, 0.05) is 15.9 Å². The Hall–Kier alpha value is -1.70. The van der Waals surface area contributed by atoms with Crippen LogP contribution in [0.3, 0.4) is 0 Å². The number of hydrogen-bond donors (Lipinski definition) is 2. The van der Waals surface area contributed by atoms with Crippen molar-refractivity contribution in [2.24, 2.45) is 5.14 Å². The predicted molar refractivity (Wildman–Crippen MR) is 101 cm³/mol. The van der Waals surface area contributed by atoms with Gasteiger partial charge in [0.15, 0.2) is 0 Å². The number of nitrogens with one attached hydrogen (secondary N) is 1. The van der Waals surface area contributed by atoms with Crippen LogP contribution in [0, 0.1) is 6.92 Å². The van der Waals surface area contributed by atoms with E-state index < -0.39 is 10.0 Å². The van der Waals surface area contributed by atoms with Gasteiger partial charge in [0.2, 0.25) is 10.0 Å². The molecule has 2 aromatic rings. The zero-order valence-electron chi connectivity index (χ0n) is 14.1. The number of carbonyl (C=O) groups is 1. The van der Waals surface area contributed by atoms with E-state index in [0.29, 0.717) is 22.7 Å². The maximum Gasteiger partial charge on any atom is 0.256 e. The molecule has 0 atom stereocenters. The predicted octanol–water partition coefficient (Wildman–Crippen LogP) is 4.00. The minimum Gasteiger partial charge on any atom is -0.322 e. The number of rotatable bonds is 4. The van der Waals surface area contributed by atoms with Crippen LogP contribution in [-0.4, -0.2) is 14.3 Å². The molecular weight excluding hydrogens is 356 g/mol. The van der Waals surface area contributed by atoms with Gasteiger partial charge in [-0.05, 0) is 49.4 Å². The Morgan fingerprint density at radius 2 is 1.92 bits per heavy atom. The smallest absolute Gasteiger partial charge is 0.256 e. The highest BCUT2D eigenvalue weighted by molar-refractivity contribution is 7.89. The molecule has 0 radical (unpaired) electrons. The quantitative estimate of drug-likeness (QED) is 0.842. The molecule has 25 heavy (non-hydrogen) atoms. The molecule has 0 unspecified atom stereocenters. The summed E-state index contributed by atoms with van der Waals surface area (Å²) in [6.07, 6.45) is 6.19. The SMILES string of the molecule is Cc1ccc(NC(=O)c2csc(C3CCCCC3)c2)cc1S(N)(=O)=O. The van der Waals surface area contributed by atoms with E-state index in [1.165, 1.54) is 43.0 Å². The van der Waals surface area contributed by atoms with Crippen LogP contribution < -0.4 is 10.5 Å². The van der Waals surface area contributed by atoms with E-state index in [4.69, 9.17) is 5.14 Å². The highest BCUT2D eigenvalue weighted by Crippen LogP contribution is 2.36. The number of thiophene rings is 1. The first-order valence-electron chi connectivity index (χ1n) is 8.38. The molecule has 134 valence electrons. The van der Waals surface area contributed by atoms with Crippen molar-refractivity contribution in [3.8, 4) is 0 Å². The Kier molecular flexibility index (Phi) is 5.27. The van der Waals surface area contributed by atoms with Gasteiger partial charge < -0.3 is 5.32 Å². The number of aryl methyl sites for hydroxylation is 1. The summed E-state index contributed by atoms with van der Waals surface area (Å²) in [7, 11) is -3.82. The molecule has 1 amide bonds. The standard InChI is InChI=1S/C18H22N2O3S2/c1-12-7-8-15(10-17(12)25(19,22)23)20-18(21)14-9-16(24-11-14)13-5-3-2-4-6-13/h7-11,13H,2-6H2,1H3,(H,20,21)(H2,19,22,23). The van der Waals surface area contributed by atoms with Gasteiger partial charge in [-0.2, -0.15) is 0 Å². The first kappa shape index (κ1) is 18.1. The fourth-order valence-corrected chi connectivity index (χ4v) is 5.13. The molecule has 0 bridgehead atoms. The fourth-order valence-electron chi connectivity index (χ4n) is 3.26. The molecule has 1 aromatic carbocycles. The molecule has 1 aliphatic rings. The Bertz CT molecular complexity index is 881. The molecule has 3 rings (SSSR count). The summed E-state index contributed by atoms with van der Waals surface area (Å²) in [5.74, 6) is 0.330. The molecule has 1 fully saturated rings.